The first kappa shape index (κ1) is 13.9. The third-order valence-corrected chi connectivity index (χ3v) is 3.94. The van der Waals surface area contributed by atoms with Crippen molar-refractivity contribution >= 4 is 29.6 Å². The molecule has 1 aromatic heterocycles. The van der Waals surface area contributed by atoms with E-state index >= 15 is 0 Å². The molecule has 6 heteroatoms. The lowest BCUT2D eigenvalue weighted by molar-refractivity contribution is 0.878. The summed E-state index contributed by atoms with van der Waals surface area (Å²) in [6.45, 7) is 0. The molecule has 21 heavy (non-hydrogen) atoms. The highest BCUT2D eigenvalue weighted by molar-refractivity contribution is 7.99. The first-order chi connectivity index (χ1) is 10.3. The smallest absolute Gasteiger partial charge is 0.141 e. The van der Waals surface area contributed by atoms with Gasteiger partial charge in [0.15, 0.2) is 0 Å². The monoisotopic (exact) mass is 314 g/mol. The molecule has 3 aromatic rings. The van der Waals surface area contributed by atoms with E-state index in [0.717, 1.165) is 15.5 Å². The first-order valence-corrected chi connectivity index (χ1v) is 7.41. The quantitative estimate of drug-likeness (QED) is 0.684. The zero-order valence-electron chi connectivity index (χ0n) is 10.9. The fourth-order valence-corrected chi connectivity index (χ4v) is 2.59. The van der Waals surface area contributed by atoms with Crippen LogP contribution in [0.1, 0.15) is 5.56 Å². The number of rotatable bonds is 4. The van der Waals surface area contributed by atoms with Crippen molar-refractivity contribution in [2.75, 3.05) is 0 Å². The molecule has 0 fully saturated rings. The number of hydrogen-bond acceptors (Lipinski definition) is 4. The molecule has 0 bridgehead atoms. The number of halogens is 1. The van der Waals surface area contributed by atoms with Gasteiger partial charge >= 0.3 is 0 Å². The van der Waals surface area contributed by atoms with E-state index < -0.39 is 0 Å². The van der Waals surface area contributed by atoms with Gasteiger partial charge in [0.1, 0.15) is 12.7 Å². The van der Waals surface area contributed by atoms with E-state index in [9.17, 15) is 0 Å². The molecule has 0 saturated carbocycles. The van der Waals surface area contributed by atoms with Gasteiger partial charge in [0.2, 0.25) is 0 Å². The van der Waals surface area contributed by atoms with Crippen LogP contribution in [-0.2, 0) is 0 Å². The van der Waals surface area contributed by atoms with Crippen LogP contribution >= 0.6 is 23.4 Å². The summed E-state index contributed by atoms with van der Waals surface area (Å²) < 4.78 is 1.55. The predicted molar refractivity (Wildman–Crippen MR) is 85.0 cm³/mol. The maximum atomic E-state index is 5.88. The molecule has 0 unspecified atom stereocenters. The zero-order valence-corrected chi connectivity index (χ0v) is 12.5. The Labute approximate surface area is 131 Å². The van der Waals surface area contributed by atoms with Crippen LogP contribution in [0.15, 0.2) is 76.1 Å². The molecule has 0 atom stereocenters. The minimum absolute atomic E-state index is 0.750. The molecule has 0 aliphatic rings. The fraction of sp³-hybridized carbons (Fsp3) is 0. The van der Waals surface area contributed by atoms with Crippen molar-refractivity contribution in [1.29, 1.82) is 0 Å². The summed E-state index contributed by atoms with van der Waals surface area (Å²) in [6.07, 6.45) is 4.85. The molecular weight excluding hydrogens is 304 g/mol. The van der Waals surface area contributed by atoms with Crippen molar-refractivity contribution in [2.45, 2.75) is 9.79 Å². The highest BCUT2D eigenvalue weighted by Gasteiger charge is 1.98. The minimum atomic E-state index is 0.750. The molecule has 104 valence electrons. The Balaban J connectivity index is 1.67. The molecule has 0 N–H and O–H groups in total. The standard InChI is InChI=1S/C15H11ClN4S/c16-13-3-7-15(8-4-13)21-14-5-1-12(2-6-14)9-19-20-10-17-18-11-20/h1-11H/b19-9-. The molecular formula is C15H11ClN4S. The third kappa shape index (κ3) is 3.93. The van der Waals surface area contributed by atoms with Crippen LogP contribution < -0.4 is 0 Å². The molecule has 0 aliphatic heterocycles. The lowest BCUT2D eigenvalue weighted by atomic mass is 10.2. The normalized spacial score (nSPS) is 11.1. The van der Waals surface area contributed by atoms with Crippen molar-refractivity contribution < 1.29 is 0 Å². The van der Waals surface area contributed by atoms with Crippen LogP contribution in [0, 0.1) is 0 Å². The average Bonchev–Trinajstić information content (AvgIpc) is 3.02. The summed E-state index contributed by atoms with van der Waals surface area (Å²) in [7, 11) is 0. The molecule has 0 spiro atoms. The summed E-state index contributed by atoms with van der Waals surface area (Å²) in [5.41, 5.74) is 1.02. The van der Waals surface area contributed by atoms with Gasteiger partial charge in [-0.25, -0.2) is 4.68 Å². The van der Waals surface area contributed by atoms with Gasteiger partial charge in [-0.2, -0.15) is 5.10 Å². The van der Waals surface area contributed by atoms with E-state index in [0.29, 0.717) is 0 Å². The lowest BCUT2D eigenvalue weighted by Gasteiger charge is -2.02. The van der Waals surface area contributed by atoms with E-state index in [-0.39, 0.29) is 0 Å². The largest absolute Gasteiger partial charge is 0.208 e. The Bertz CT molecular complexity index is 721. The third-order valence-electron chi connectivity index (χ3n) is 2.68. The number of benzene rings is 2. The van der Waals surface area contributed by atoms with Gasteiger partial charge in [-0.15, -0.1) is 10.2 Å². The van der Waals surface area contributed by atoms with Crippen LogP contribution in [0.5, 0.6) is 0 Å². The number of aromatic nitrogens is 3. The molecule has 0 radical (unpaired) electrons. The van der Waals surface area contributed by atoms with Gasteiger partial charge in [0, 0.05) is 14.8 Å². The van der Waals surface area contributed by atoms with Crippen molar-refractivity contribution in [3.63, 3.8) is 0 Å². The second kappa shape index (κ2) is 6.56. The second-order valence-corrected chi connectivity index (χ2v) is 5.79. The van der Waals surface area contributed by atoms with Crippen LogP contribution in [0.3, 0.4) is 0 Å². The Morgan fingerprint density at radius 1 is 0.905 bits per heavy atom. The summed E-state index contributed by atoms with van der Waals surface area (Å²) in [6, 6.07) is 16.0. The van der Waals surface area contributed by atoms with Gasteiger partial charge in [0.05, 0.1) is 6.21 Å². The molecule has 0 saturated heterocycles. The predicted octanol–water partition coefficient (Wildman–Crippen LogP) is 3.96. The molecule has 0 amide bonds. The Morgan fingerprint density at radius 2 is 1.48 bits per heavy atom. The average molecular weight is 315 g/mol. The lowest BCUT2D eigenvalue weighted by Crippen LogP contribution is -1.87. The maximum Gasteiger partial charge on any atom is 0.141 e. The van der Waals surface area contributed by atoms with Crippen molar-refractivity contribution in [1.82, 2.24) is 14.9 Å². The highest BCUT2D eigenvalue weighted by Crippen LogP contribution is 2.28. The van der Waals surface area contributed by atoms with Crippen LogP contribution in [0.2, 0.25) is 5.02 Å². The number of hydrogen-bond donors (Lipinski definition) is 0. The minimum Gasteiger partial charge on any atom is -0.208 e. The van der Waals surface area contributed by atoms with Crippen LogP contribution in [-0.4, -0.2) is 21.1 Å². The molecule has 2 aromatic carbocycles. The van der Waals surface area contributed by atoms with Gasteiger partial charge in [-0.05, 0) is 42.0 Å². The van der Waals surface area contributed by atoms with Crippen LogP contribution in [0.25, 0.3) is 0 Å². The Morgan fingerprint density at radius 3 is 2.10 bits per heavy atom. The van der Waals surface area contributed by atoms with Crippen LogP contribution in [0.4, 0.5) is 0 Å². The Kier molecular flexibility index (Phi) is 4.33. The van der Waals surface area contributed by atoms with Crippen molar-refractivity contribution in [3.8, 4) is 0 Å². The second-order valence-electron chi connectivity index (χ2n) is 4.21. The summed E-state index contributed by atoms with van der Waals surface area (Å²) in [5, 5.41) is 12.3. The zero-order chi connectivity index (χ0) is 14.5. The van der Waals surface area contributed by atoms with Gasteiger partial charge < -0.3 is 0 Å². The molecule has 4 nitrogen and oxygen atoms in total. The molecule has 3 rings (SSSR count). The maximum absolute atomic E-state index is 5.88. The van der Waals surface area contributed by atoms with Gasteiger partial charge in [-0.1, -0.05) is 35.5 Å². The van der Waals surface area contributed by atoms with Gasteiger partial charge in [0.25, 0.3) is 0 Å². The summed E-state index contributed by atoms with van der Waals surface area (Å²) in [4.78, 5) is 2.32. The number of nitrogens with zero attached hydrogens (tertiary/aromatic N) is 4. The molecule has 0 aliphatic carbocycles. The van der Waals surface area contributed by atoms with E-state index in [2.05, 4.69) is 27.4 Å². The Hall–Kier alpha value is -2.11. The van der Waals surface area contributed by atoms with E-state index in [4.69, 9.17) is 11.6 Å². The van der Waals surface area contributed by atoms with Gasteiger partial charge in [-0.3, -0.25) is 0 Å². The SMILES string of the molecule is Clc1ccc(Sc2ccc(/C=N\n3cnnc3)cc2)cc1. The highest BCUT2D eigenvalue weighted by atomic mass is 35.5. The van der Waals surface area contributed by atoms with E-state index in [1.165, 1.54) is 4.90 Å². The van der Waals surface area contributed by atoms with E-state index in [1.54, 1.807) is 35.3 Å². The van der Waals surface area contributed by atoms with Crippen molar-refractivity contribution in [2.24, 2.45) is 5.10 Å². The summed E-state index contributed by atoms with van der Waals surface area (Å²) in [5.74, 6) is 0. The topological polar surface area (TPSA) is 43.1 Å². The fourth-order valence-electron chi connectivity index (χ4n) is 1.65. The van der Waals surface area contributed by atoms with Crippen molar-refractivity contribution in [3.05, 3.63) is 71.8 Å². The first-order valence-electron chi connectivity index (χ1n) is 6.22. The molecule has 1 heterocycles. The van der Waals surface area contributed by atoms with E-state index in [1.807, 2.05) is 36.4 Å². The summed E-state index contributed by atoms with van der Waals surface area (Å²) >= 11 is 7.57.